The fourth-order valence-corrected chi connectivity index (χ4v) is 2.13. The average molecular weight is 232 g/mol. The van der Waals surface area contributed by atoms with Gasteiger partial charge in [-0.05, 0) is 31.3 Å². The van der Waals surface area contributed by atoms with Crippen LogP contribution in [-0.4, -0.2) is 5.78 Å². The van der Waals surface area contributed by atoms with Crippen LogP contribution in [0.4, 0.5) is 0 Å². The van der Waals surface area contributed by atoms with E-state index in [0.29, 0.717) is 5.78 Å². The Labute approximate surface area is 105 Å². The van der Waals surface area contributed by atoms with Crippen molar-refractivity contribution in [1.29, 1.82) is 0 Å². The first-order valence-corrected chi connectivity index (χ1v) is 6.76. The van der Waals surface area contributed by atoms with Crippen LogP contribution in [0.1, 0.15) is 52.9 Å². The van der Waals surface area contributed by atoms with Crippen LogP contribution in [0.2, 0.25) is 0 Å². The summed E-state index contributed by atoms with van der Waals surface area (Å²) in [5.74, 6) is 0.489. The highest BCUT2D eigenvalue weighted by molar-refractivity contribution is 5.97. The van der Waals surface area contributed by atoms with E-state index in [1.54, 1.807) is 0 Å². The Kier molecular flexibility index (Phi) is 5.96. The zero-order chi connectivity index (χ0) is 12.7. The highest BCUT2D eigenvalue weighted by Gasteiger charge is 2.15. The number of Topliss-reactive ketones (excluding diaryl/α,β-unsaturated/α-hetero) is 1. The van der Waals surface area contributed by atoms with Gasteiger partial charge in [0.1, 0.15) is 0 Å². The molecule has 0 aromatic rings. The van der Waals surface area contributed by atoms with Crippen molar-refractivity contribution in [2.24, 2.45) is 5.92 Å². The molecule has 0 N–H and O–H groups in total. The summed E-state index contributed by atoms with van der Waals surface area (Å²) >= 11 is 0. The van der Waals surface area contributed by atoms with Gasteiger partial charge in [0.2, 0.25) is 0 Å². The van der Waals surface area contributed by atoms with Crippen LogP contribution in [0.15, 0.2) is 35.5 Å². The second kappa shape index (κ2) is 7.26. The van der Waals surface area contributed by atoms with Gasteiger partial charge >= 0.3 is 0 Å². The number of ketones is 1. The van der Waals surface area contributed by atoms with Crippen molar-refractivity contribution in [3.8, 4) is 0 Å². The van der Waals surface area contributed by atoms with Crippen molar-refractivity contribution in [3.05, 3.63) is 35.5 Å². The number of rotatable bonds is 5. The second-order valence-electron chi connectivity index (χ2n) is 4.80. The molecule has 1 unspecified atom stereocenters. The molecule has 0 aromatic carbocycles. The maximum atomic E-state index is 12.2. The van der Waals surface area contributed by atoms with E-state index in [4.69, 9.17) is 0 Å². The molecule has 0 saturated heterocycles. The van der Waals surface area contributed by atoms with Gasteiger partial charge in [0.25, 0.3) is 0 Å². The summed E-state index contributed by atoms with van der Waals surface area (Å²) in [4.78, 5) is 12.2. The van der Waals surface area contributed by atoms with Gasteiger partial charge in [-0.25, -0.2) is 0 Å². The molecule has 1 rings (SSSR count). The third-order valence-electron chi connectivity index (χ3n) is 3.34. The molecule has 1 aliphatic carbocycles. The predicted molar refractivity (Wildman–Crippen MR) is 73.9 cm³/mol. The number of carbonyl (C=O) groups excluding carboxylic acids is 1. The van der Waals surface area contributed by atoms with Crippen molar-refractivity contribution in [1.82, 2.24) is 0 Å². The van der Waals surface area contributed by atoms with Crippen LogP contribution < -0.4 is 0 Å². The van der Waals surface area contributed by atoms with Gasteiger partial charge in [-0.15, -0.1) is 0 Å². The highest BCUT2D eigenvalue weighted by atomic mass is 16.1. The SMILES string of the molecule is CCCC(C)C(=O)/C1=C/C=C(/CC)C/C=C/C1. The van der Waals surface area contributed by atoms with E-state index in [9.17, 15) is 4.79 Å². The van der Waals surface area contributed by atoms with E-state index >= 15 is 0 Å². The molecule has 0 radical (unpaired) electrons. The fourth-order valence-electron chi connectivity index (χ4n) is 2.13. The third-order valence-corrected chi connectivity index (χ3v) is 3.34. The van der Waals surface area contributed by atoms with Crippen LogP contribution in [0.5, 0.6) is 0 Å². The Bertz CT molecular complexity index is 345. The van der Waals surface area contributed by atoms with Crippen LogP contribution >= 0.6 is 0 Å². The summed E-state index contributed by atoms with van der Waals surface area (Å²) in [6.45, 7) is 6.33. The van der Waals surface area contributed by atoms with E-state index < -0.39 is 0 Å². The Balaban J connectivity index is 2.81. The molecule has 17 heavy (non-hydrogen) atoms. The Morgan fingerprint density at radius 2 is 1.94 bits per heavy atom. The lowest BCUT2D eigenvalue weighted by atomic mass is 9.91. The first kappa shape index (κ1) is 14.0. The number of hydrogen-bond donors (Lipinski definition) is 0. The van der Waals surface area contributed by atoms with Crippen molar-refractivity contribution in [2.45, 2.75) is 52.9 Å². The highest BCUT2D eigenvalue weighted by Crippen LogP contribution is 2.19. The summed E-state index contributed by atoms with van der Waals surface area (Å²) in [7, 11) is 0. The molecule has 0 heterocycles. The van der Waals surface area contributed by atoms with E-state index in [1.807, 2.05) is 13.0 Å². The van der Waals surface area contributed by atoms with Crippen molar-refractivity contribution >= 4 is 5.78 Å². The summed E-state index contributed by atoms with van der Waals surface area (Å²) in [6, 6.07) is 0. The molecule has 0 saturated carbocycles. The van der Waals surface area contributed by atoms with Gasteiger partial charge in [-0.2, -0.15) is 0 Å². The Hall–Kier alpha value is -1.11. The van der Waals surface area contributed by atoms with Crippen LogP contribution in [0.3, 0.4) is 0 Å². The molecular formula is C16H24O. The third kappa shape index (κ3) is 4.33. The smallest absolute Gasteiger partial charge is 0.161 e. The zero-order valence-electron chi connectivity index (χ0n) is 11.3. The molecule has 0 spiro atoms. The van der Waals surface area contributed by atoms with Crippen molar-refractivity contribution < 1.29 is 4.79 Å². The molecule has 0 aromatic heterocycles. The molecule has 1 aliphatic rings. The molecule has 0 amide bonds. The molecule has 0 bridgehead atoms. The average Bonchev–Trinajstić information content (AvgIpc) is 2.29. The lowest BCUT2D eigenvalue weighted by Gasteiger charge is -2.12. The molecule has 1 heteroatoms. The van der Waals surface area contributed by atoms with Crippen LogP contribution in [0.25, 0.3) is 0 Å². The fraction of sp³-hybridized carbons (Fsp3) is 0.562. The molecule has 94 valence electrons. The lowest BCUT2D eigenvalue weighted by molar-refractivity contribution is -0.119. The van der Waals surface area contributed by atoms with Gasteiger partial charge in [0, 0.05) is 5.92 Å². The predicted octanol–water partition coefficient (Wildman–Crippen LogP) is 4.60. The molecule has 0 aliphatic heterocycles. The number of hydrogen-bond acceptors (Lipinski definition) is 1. The standard InChI is InChI=1S/C16H24O/c1-4-8-13(3)16(17)15-10-7-6-9-14(5-2)11-12-15/h6-7,11-13H,4-5,8-10H2,1-3H3/b7-6+,14-11-,15-12+. The summed E-state index contributed by atoms with van der Waals surface area (Å²) in [5.41, 5.74) is 2.36. The van der Waals surface area contributed by atoms with Crippen molar-refractivity contribution in [2.75, 3.05) is 0 Å². The van der Waals surface area contributed by atoms with Crippen LogP contribution in [-0.2, 0) is 4.79 Å². The molecule has 1 nitrogen and oxygen atoms in total. The molecule has 0 fully saturated rings. The summed E-state index contributed by atoms with van der Waals surface area (Å²) in [6.07, 6.45) is 13.4. The normalized spacial score (nSPS) is 25.8. The summed E-state index contributed by atoms with van der Waals surface area (Å²) in [5, 5.41) is 0. The van der Waals surface area contributed by atoms with Crippen LogP contribution in [0, 0.1) is 5.92 Å². The van der Waals surface area contributed by atoms with Gasteiger partial charge in [-0.1, -0.05) is 57.1 Å². The van der Waals surface area contributed by atoms with Crippen molar-refractivity contribution in [3.63, 3.8) is 0 Å². The zero-order valence-corrected chi connectivity index (χ0v) is 11.3. The Morgan fingerprint density at radius 3 is 2.59 bits per heavy atom. The minimum absolute atomic E-state index is 0.164. The monoisotopic (exact) mass is 232 g/mol. The quantitative estimate of drug-likeness (QED) is 0.633. The van der Waals surface area contributed by atoms with Gasteiger partial charge in [0.05, 0.1) is 0 Å². The number of allylic oxidation sites excluding steroid dienone is 6. The van der Waals surface area contributed by atoms with E-state index in [1.165, 1.54) is 5.57 Å². The first-order valence-electron chi connectivity index (χ1n) is 6.76. The van der Waals surface area contributed by atoms with Gasteiger partial charge in [0.15, 0.2) is 5.78 Å². The van der Waals surface area contributed by atoms with E-state index in [0.717, 1.165) is 37.7 Å². The van der Waals surface area contributed by atoms with Gasteiger partial charge < -0.3 is 0 Å². The summed E-state index contributed by atoms with van der Waals surface area (Å²) < 4.78 is 0. The first-order chi connectivity index (χ1) is 8.19. The Morgan fingerprint density at radius 1 is 1.24 bits per heavy atom. The van der Waals surface area contributed by atoms with E-state index in [2.05, 4.69) is 32.1 Å². The minimum Gasteiger partial charge on any atom is -0.294 e. The van der Waals surface area contributed by atoms with Gasteiger partial charge in [-0.3, -0.25) is 4.79 Å². The maximum absolute atomic E-state index is 12.2. The number of carbonyl (C=O) groups is 1. The molecule has 1 atom stereocenters. The lowest BCUT2D eigenvalue weighted by Crippen LogP contribution is -2.13. The molecular weight excluding hydrogens is 208 g/mol. The second-order valence-corrected chi connectivity index (χ2v) is 4.80. The topological polar surface area (TPSA) is 17.1 Å². The van der Waals surface area contributed by atoms with E-state index in [-0.39, 0.29) is 5.92 Å². The minimum atomic E-state index is 0.164. The maximum Gasteiger partial charge on any atom is 0.161 e. The largest absolute Gasteiger partial charge is 0.294 e.